The SMILES string of the molecule is Cc1csc(=O)n1CCc1ccc(N)cc1. The fourth-order valence-corrected chi connectivity index (χ4v) is 2.36. The summed E-state index contributed by atoms with van der Waals surface area (Å²) in [6.07, 6.45) is 0.859. The molecule has 0 aliphatic rings. The highest BCUT2D eigenvalue weighted by atomic mass is 32.1. The summed E-state index contributed by atoms with van der Waals surface area (Å²) in [4.78, 5) is 11.6. The second-order valence-corrected chi connectivity index (χ2v) is 4.61. The highest BCUT2D eigenvalue weighted by Gasteiger charge is 2.02. The number of nitrogens with zero attached hydrogens (tertiary/aromatic N) is 1. The van der Waals surface area contributed by atoms with Crippen LogP contribution >= 0.6 is 11.3 Å². The van der Waals surface area contributed by atoms with Gasteiger partial charge in [-0.3, -0.25) is 4.79 Å². The summed E-state index contributed by atoms with van der Waals surface area (Å²) in [6.45, 7) is 2.69. The van der Waals surface area contributed by atoms with Gasteiger partial charge in [-0.1, -0.05) is 23.5 Å². The van der Waals surface area contributed by atoms with Crippen LogP contribution in [0.15, 0.2) is 34.4 Å². The first kappa shape index (κ1) is 11.0. The first-order chi connectivity index (χ1) is 7.66. The number of hydrogen-bond donors (Lipinski definition) is 1. The Morgan fingerprint density at radius 3 is 2.56 bits per heavy atom. The molecule has 84 valence electrons. The summed E-state index contributed by atoms with van der Waals surface area (Å²) in [6, 6.07) is 7.78. The summed E-state index contributed by atoms with van der Waals surface area (Å²) in [5.74, 6) is 0. The van der Waals surface area contributed by atoms with E-state index in [1.165, 1.54) is 16.9 Å². The van der Waals surface area contributed by atoms with Crippen LogP contribution in [0, 0.1) is 6.92 Å². The molecule has 0 atom stereocenters. The lowest BCUT2D eigenvalue weighted by molar-refractivity contribution is 0.666. The van der Waals surface area contributed by atoms with Crippen molar-refractivity contribution in [3.8, 4) is 0 Å². The Hall–Kier alpha value is -1.55. The average Bonchev–Trinajstić information content (AvgIpc) is 2.59. The summed E-state index contributed by atoms with van der Waals surface area (Å²) in [7, 11) is 0. The van der Waals surface area contributed by atoms with Crippen molar-refractivity contribution >= 4 is 17.0 Å². The maximum atomic E-state index is 11.5. The molecule has 1 aromatic carbocycles. The number of nitrogens with two attached hydrogens (primary N) is 1. The second-order valence-electron chi connectivity index (χ2n) is 3.79. The average molecular weight is 234 g/mol. The number of benzene rings is 1. The van der Waals surface area contributed by atoms with Gasteiger partial charge in [-0.2, -0.15) is 0 Å². The molecule has 4 heteroatoms. The fraction of sp³-hybridized carbons (Fsp3) is 0.250. The molecule has 1 aromatic heterocycles. The summed E-state index contributed by atoms with van der Waals surface area (Å²) in [5, 5.41) is 1.89. The van der Waals surface area contributed by atoms with Crippen molar-refractivity contribution in [3.63, 3.8) is 0 Å². The van der Waals surface area contributed by atoms with Gasteiger partial charge in [-0.15, -0.1) is 0 Å². The van der Waals surface area contributed by atoms with Crippen LogP contribution in [-0.4, -0.2) is 4.57 Å². The van der Waals surface area contributed by atoms with E-state index in [4.69, 9.17) is 5.73 Å². The zero-order chi connectivity index (χ0) is 11.5. The number of hydrogen-bond acceptors (Lipinski definition) is 3. The maximum Gasteiger partial charge on any atom is 0.307 e. The van der Waals surface area contributed by atoms with E-state index in [0.29, 0.717) is 0 Å². The zero-order valence-electron chi connectivity index (χ0n) is 9.14. The zero-order valence-corrected chi connectivity index (χ0v) is 9.96. The third-order valence-electron chi connectivity index (χ3n) is 2.58. The van der Waals surface area contributed by atoms with Crippen LogP contribution in [0.25, 0.3) is 0 Å². The third kappa shape index (κ3) is 2.33. The van der Waals surface area contributed by atoms with Gasteiger partial charge >= 0.3 is 4.87 Å². The molecule has 0 unspecified atom stereocenters. The van der Waals surface area contributed by atoms with Gasteiger partial charge in [0.25, 0.3) is 0 Å². The smallest absolute Gasteiger partial charge is 0.307 e. The monoisotopic (exact) mass is 234 g/mol. The molecule has 0 aliphatic heterocycles. The minimum Gasteiger partial charge on any atom is -0.399 e. The van der Waals surface area contributed by atoms with Gasteiger partial charge in [0, 0.05) is 23.3 Å². The third-order valence-corrected chi connectivity index (χ3v) is 3.46. The van der Waals surface area contributed by atoms with Crippen LogP contribution in [-0.2, 0) is 13.0 Å². The van der Waals surface area contributed by atoms with Crippen LogP contribution < -0.4 is 10.6 Å². The molecule has 2 rings (SSSR count). The molecule has 1 heterocycles. The molecule has 0 saturated heterocycles. The molecule has 0 saturated carbocycles. The lowest BCUT2D eigenvalue weighted by atomic mass is 10.1. The lowest BCUT2D eigenvalue weighted by Gasteiger charge is -2.04. The standard InChI is InChI=1S/C12H14N2OS/c1-9-8-16-12(15)14(9)7-6-10-2-4-11(13)5-3-10/h2-5,8H,6-7,13H2,1H3. The minimum atomic E-state index is 0.118. The lowest BCUT2D eigenvalue weighted by Crippen LogP contribution is -2.15. The number of nitrogen functional groups attached to an aromatic ring is 1. The van der Waals surface area contributed by atoms with Gasteiger partial charge < -0.3 is 10.3 Å². The van der Waals surface area contributed by atoms with Crippen LogP contribution in [0.1, 0.15) is 11.3 Å². The van der Waals surface area contributed by atoms with Crippen molar-refractivity contribution in [2.75, 3.05) is 5.73 Å². The van der Waals surface area contributed by atoms with Gasteiger partial charge in [0.15, 0.2) is 0 Å². The summed E-state index contributed by atoms with van der Waals surface area (Å²) < 4.78 is 1.81. The Morgan fingerprint density at radius 2 is 2.00 bits per heavy atom. The van der Waals surface area contributed by atoms with Gasteiger partial charge in [0.2, 0.25) is 0 Å². The van der Waals surface area contributed by atoms with E-state index >= 15 is 0 Å². The predicted molar refractivity (Wildman–Crippen MR) is 67.9 cm³/mol. The van der Waals surface area contributed by atoms with Crippen molar-refractivity contribution in [2.24, 2.45) is 0 Å². The number of rotatable bonds is 3. The van der Waals surface area contributed by atoms with Crippen molar-refractivity contribution in [1.82, 2.24) is 4.57 Å². The van der Waals surface area contributed by atoms with Crippen LogP contribution in [0.5, 0.6) is 0 Å². The van der Waals surface area contributed by atoms with Gasteiger partial charge in [-0.25, -0.2) is 0 Å². The second kappa shape index (κ2) is 4.53. The molecule has 0 spiro atoms. The normalized spacial score (nSPS) is 10.6. The van der Waals surface area contributed by atoms with Gasteiger partial charge in [0.05, 0.1) is 0 Å². The molecular weight excluding hydrogens is 220 g/mol. The van der Waals surface area contributed by atoms with Crippen molar-refractivity contribution in [1.29, 1.82) is 0 Å². The molecule has 2 N–H and O–H groups in total. The largest absolute Gasteiger partial charge is 0.399 e. The molecule has 16 heavy (non-hydrogen) atoms. The van der Waals surface area contributed by atoms with Crippen molar-refractivity contribution in [3.05, 3.63) is 50.6 Å². The van der Waals surface area contributed by atoms with E-state index < -0.39 is 0 Å². The summed E-state index contributed by atoms with van der Waals surface area (Å²) in [5.41, 5.74) is 8.62. The Bertz CT molecular complexity index is 525. The van der Waals surface area contributed by atoms with Gasteiger partial charge in [-0.05, 0) is 31.0 Å². The first-order valence-corrected chi connectivity index (χ1v) is 6.04. The van der Waals surface area contributed by atoms with Crippen LogP contribution in [0.3, 0.4) is 0 Å². The van der Waals surface area contributed by atoms with Gasteiger partial charge in [0.1, 0.15) is 0 Å². The first-order valence-electron chi connectivity index (χ1n) is 5.16. The van der Waals surface area contributed by atoms with Crippen LogP contribution in [0.2, 0.25) is 0 Å². The van der Waals surface area contributed by atoms with Crippen LogP contribution in [0.4, 0.5) is 5.69 Å². The number of aryl methyl sites for hydroxylation is 2. The maximum absolute atomic E-state index is 11.5. The van der Waals surface area contributed by atoms with E-state index in [-0.39, 0.29) is 4.87 Å². The Morgan fingerprint density at radius 1 is 1.31 bits per heavy atom. The Balaban J connectivity index is 2.08. The number of aromatic nitrogens is 1. The quantitative estimate of drug-likeness (QED) is 0.826. The highest BCUT2D eigenvalue weighted by Crippen LogP contribution is 2.08. The predicted octanol–water partition coefficient (Wildman–Crippen LogP) is 2.04. The topological polar surface area (TPSA) is 48.0 Å². The molecule has 0 radical (unpaired) electrons. The van der Waals surface area contributed by atoms with E-state index in [9.17, 15) is 4.79 Å². The molecule has 0 fully saturated rings. The fourth-order valence-electron chi connectivity index (χ4n) is 1.60. The van der Waals surface area contributed by atoms with E-state index in [0.717, 1.165) is 24.3 Å². The minimum absolute atomic E-state index is 0.118. The Labute approximate surface area is 98.2 Å². The number of anilines is 1. The molecule has 2 aromatic rings. The van der Waals surface area contributed by atoms with Crippen molar-refractivity contribution in [2.45, 2.75) is 19.9 Å². The molecule has 0 amide bonds. The Kier molecular flexibility index (Phi) is 3.10. The molecular formula is C12H14N2OS. The summed E-state index contributed by atoms with van der Waals surface area (Å²) >= 11 is 1.26. The molecule has 0 aliphatic carbocycles. The number of thiazole rings is 1. The van der Waals surface area contributed by atoms with E-state index in [1.54, 1.807) is 4.57 Å². The van der Waals surface area contributed by atoms with Crippen molar-refractivity contribution < 1.29 is 0 Å². The highest BCUT2D eigenvalue weighted by molar-refractivity contribution is 7.07. The molecule has 0 bridgehead atoms. The van der Waals surface area contributed by atoms with E-state index in [1.807, 2.05) is 36.6 Å². The molecule has 3 nitrogen and oxygen atoms in total. The van der Waals surface area contributed by atoms with E-state index in [2.05, 4.69) is 0 Å².